The van der Waals surface area contributed by atoms with Gasteiger partial charge in [-0.3, -0.25) is 4.79 Å². The highest BCUT2D eigenvalue weighted by Gasteiger charge is 2.13. The molecule has 0 aliphatic heterocycles. The van der Waals surface area contributed by atoms with Gasteiger partial charge in [-0.1, -0.05) is 30.7 Å². The average Bonchev–Trinajstić information content (AvgIpc) is 2.64. The van der Waals surface area contributed by atoms with Crippen molar-refractivity contribution in [2.24, 2.45) is 0 Å². The molecule has 0 aliphatic carbocycles. The molecule has 0 fully saturated rings. The summed E-state index contributed by atoms with van der Waals surface area (Å²) >= 11 is 5.98. The number of hydrogen-bond acceptors (Lipinski definition) is 4. The second-order valence-corrected chi connectivity index (χ2v) is 5.86. The van der Waals surface area contributed by atoms with Gasteiger partial charge in [0.15, 0.2) is 11.5 Å². The first-order valence-electron chi connectivity index (χ1n) is 8.15. The number of phenols is 1. The number of phenolic OH excluding ortho intramolecular Hbond substituents is 1. The molecular weight excluding hydrogens is 352 g/mol. The maximum absolute atomic E-state index is 12.3. The molecule has 5 nitrogen and oxygen atoms in total. The van der Waals surface area contributed by atoms with Crippen LogP contribution in [0.15, 0.2) is 42.0 Å². The summed E-state index contributed by atoms with van der Waals surface area (Å²) in [6, 6.07) is 12.3. The van der Waals surface area contributed by atoms with Crippen molar-refractivity contribution in [3.05, 3.63) is 58.1 Å². The van der Waals surface area contributed by atoms with Crippen LogP contribution >= 0.6 is 11.6 Å². The fourth-order valence-corrected chi connectivity index (χ4v) is 2.50. The molecule has 0 saturated heterocycles. The highest BCUT2D eigenvalue weighted by molar-refractivity contribution is 6.32. The third kappa shape index (κ3) is 4.78. The second-order valence-electron chi connectivity index (χ2n) is 5.46. The number of aryl methyl sites for hydroxylation is 1. The quantitative estimate of drug-likeness (QED) is 0.577. The predicted octanol–water partition coefficient (Wildman–Crippen LogP) is 4.55. The molecule has 0 unspecified atom stereocenters. The Morgan fingerprint density at radius 3 is 2.58 bits per heavy atom. The first-order chi connectivity index (χ1) is 12.5. The molecule has 2 aromatic rings. The molecule has 0 radical (unpaired) electrons. The number of amides is 1. The van der Waals surface area contributed by atoms with Crippen molar-refractivity contribution in [3.63, 3.8) is 0 Å². The van der Waals surface area contributed by atoms with E-state index in [-0.39, 0.29) is 22.1 Å². The molecule has 26 heavy (non-hydrogen) atoms. The third-order valence-corrected chi connectivity index (χ3v) is 3.93. The fraction of sp³-hybridized carbons (Fsp3) is 0.200. The van der Waals surface area contributed by atoms with E-state index in [9.17, 15) is 15.2 Å². The molecule has 134 valence electrons. The van der Waals surface area contributed by atoms with Crippen LogP contribution in [0.5, 0.6) is 11.5 Å². The average molecular weight is 371 g/mol. The third-order valence-electron chi connectivity index (χ3n) is 3.65. The number of aromatic hydroxyl groups is 1. The number of anilines is 1. The molecule has 0 bridgehead atoms. The number of nitrogens with one attached hydrogen (secondary N) is 1. The highest BCUT2D eigenvalue weighted by Crippen LogP contribution is 2.35. The number of carbonyl (C=O) groups excluding carboxylic acids is 1. The first-order valence-corrected chi connectivity index (χ1v) is 8.53. The van der Waals surface area contributed by atoms with Crippen molar-refractivity contribution in [1.82, 2.24) is 0 Å². The summed E-state index contributed by atoms with van der Waals surface area (Å²) in [6.45, 7) is 4.16. The Kier molecular flexibility index (Phi) is 6.65. The summed E-state index contributed by atoms with van der Waals surface area (Å²) in [5, 5.41) is 22.0. The molecule has 0 atom stereocenters. The fourth-order valence-electron chi connectivity index (χ4n) is 2.28. The lowest BCUT2D eigenvalue weighted by Crippen LogP contribution is -2.13. The van der Waals surface area contributed by atoms with E-state index in [1.165, 1.54) is 18.2 Å². The van der Waals surface area contributed by atoms with Crippen LogP contribution in [0.2, 0.25) is 5.02 Å². The van der Waals surface area contributed by atoms with Crippen molar-refractivity contribution in [2.75, 3.05) is 11.9 Å². The van der Waals surface area contributed by atoms with Crippen LogP contribution in [0.25, 0.3) is 6.08 Å². The Bertz CT molecular complexity index is 868. The van der Waals surface area contributed by atoms with Gasteiger partial charge in [0.05, 0.1) is 11.6 Å². The zero-order chi connectivity index (χ0) is 19.1. The van der Waals surface area contributed by atoms with Crippen molar-refractivity contribution in [1.29, 1.82) is 5.26 Å². The molecular formula is C20H19ClN2O3. The summed E-state index contributed by atoms with van der Waals surface area (Å²) in [5.41, 5.74) is 2.14. The lowest BCUT2D eigenvalue weighted by atomic mass is 10.1. The predicted molar refractivity (Wildman–Crippen MR) is 102 cm³/mol. The van der Waals surface area contributed by atoms with Crippen molar-refractivity contribution < 1.29 is 14.6 Å². The number of nitrogens with zero attached hydrogens (tertiary/aromatic N) is 1. The molecule has 2 rings (SSSR count). The number of rotatable bonds is 6. The largest absolute Gasteiger partial charge is 0.503 e. The number of hydrogen-bond donors (Lipinski definition) is 2. The van der Waals surface area contributed by atoms with E-state index < -0.39 is 5.91 Å². The summed E-state index contributed by atoms with van der Waals surface area (Å²) in [7, 11) is 0. The maximum Gasteiger partial charge on any atom is 0.266 e. The van der Waals surface area contributed by atoms with Gasteiger partial charge < -0.3 is 15.2 Å². The zero-order valence-corrected chi connectivity index (χ0v) is 15.3. The first kappa shape index (κ1) is 19.4. The van der Waals surface area contributed by atoms with E-state index in [4.69, 9.17) is 16.3 Å². The minimum Gasteiger partial charge on any atom is -0.503 e. The standard InChI is InChI=1S/C20H19ClN2O3/c1-3-13-5-7-16(8-6-13)23-20(25)15(12-22)9-14-10-17(21)19(24)18(11-14)26-4-2/h5-11,24H,3-4H2,1-2H3,(H,23,25)/b15-9+. The number of carbonyl (C=O) groups is 1. The number of nitriles is 1. The van der Waals surface area contributed by atoms with Crippen LogP contribution in [0.3, 0.4) is 0 Å². The lowest BCUT2D eigenvalue weighted by Gasteiger charge is -2.09. The van der Waals surface area contributed by atoms with Crippen LogP contribution in [0.1, 0.15) is 25.0 Å². The van der Waals surface area contributed by atoms with E-state index >= 15 is 0 Å². The molecule has 0 aromatic heterocycles. The van der Waals surface area contributed by atoms with Gasteiger partial charge in [-0.2, -0.15) is 5.26 Å². The van der Waals surface area contributed by atoms with Crippen molar-refractivity contribution in [2.45, 2.75) is 20.3 Å². The summed E-state index contributed by atoms with van der Waals surface area (Å²) < 4.78 is 5.30. The normalized spacial score (nSPS) is 10.9. The molecule has 0 saturated carbocycles. The smallest absolute Gasteiger partial charge is 0.266 e. The minimum absolute atomic E-state index is 0.0788. The van der Waals surface area contributed by atoms with E-state index in [0.29, 0.717) is 17.9 Å². The van der Waals surface area contributed by atoms with Gasteiger partial charge in [-0.15, -0.1) is 0 Å². The van der Waals surface area contributed by atoms with Crippen LogP contribution in [0, 0.1) is 11.3 Å². The van der Waals surface area contributed by atoms with Crippen LogP contribution < -0.4 is 10.1 Å². The molecule has 2 aromatic carbocycles. The SMILES string of the molecule is CCOc1cc(/C=C(\C#N)C(=O)Nc2ccc(CC)cc2)cc(Cl)c1O. The second kappa shape index (κ2) is 8.93. The molecule has 2 N–H and O–H groups in total. The van der Waals surface area contributed by atoms with Crippen LogP contribution in [-0.2, 0) is 11.2 Å². The van der Waals surface area contributed by atoms with Gasteiger partial charge >= 0.3 is 0 Å². The molecule has 0 spiro atoms. The minimum atomic E-state index is -0.529. The summed E-state index contributed by atoms with van der Waals surface area (Å²) in [5.74, 6) is -0.511. The molecule has 0 aliphatic rings. The Labute approximate surface area is 157 Å². The van der Waals surface area contributed by atoms with E-state index in [2.05, 4.69) is 5.32 Å². The van der Waals surface area contributed by atoms with Gasteiger partial charge in [0.25, 0.3) is 5.91 Å². The van der Waals surface area contributed by atoms with Gasteiger partial charge in [0.1, 0.15) is 11.6 Å². The highest BCUT2D eigenvalue weighted by atomic mass is 35.5. The number of benzene rings is 2. The number of halogens is 1. The zero-order valence-electron chi connectivity index (χ0n) is 14.5. The van der Waals surface area contributed by atoms with E-state index in [1.54, 1.807) is 19.1 Å². The van der Waals surface area contributed by atoms with Gasteiger partial charge in [-0.25, -0.2) is 0 Å². The topological polar surface area (TPSA) is 82.3 Å². The van der Waals surface area contributed by atoms with Gasteiger partial charge in [0, 0.05) is 5.69 Å². The molecule has 1 amide bonds. The Hall–Kier alpha value is -2.97. The maximum atomic E-state index is 12.3. The van der Waals surface area contributed by atoms with Gasteiger partial charge in [-0.05, 0) is 54.8 Å². The lowest BCUT2D eigenvalue weighted by molar-refractivity contribution is -0.112. The molecule has 0 heterocycles. The molecule has 6 heteroatoms. The van der Waals surface area contributed by atoms with Crippen LogP contribution in [-0.4, -0.2) is 17.6 Å². The van der Waals surface area contributed by atoms with Crippen molar-refractivity contribution >= 4 is 29.3 Å². The number of ether oxygens (including phenoxy) is 1. The van der Waals surface area contributed by atoms with E-state index in [0.717, 1.165) is 12.0 Å². The van der Waals surface area contributed by atoms with Crippen LogP contribution in [0.4, 0.5) is 5.69 Å². The Balaban J connectivity index is 2.26. The van der Waals surface area contributed by atoms with Gasteiger partial charge in [0.2, 0.25) is 0 Å². The Morgan fingerprint density at radius 2 is 2.00 bits per heavy atom. The van der Waals surface area contributed by atoms with E-state index in [1.807, 2.05) is 25.1 Å². The monoisotopic (exact) mass is 370 g/mol. The summed E-state index contributed by atoms with van der Waals surface area (Å²) in [6.07, 6.45) is 2.30. The summed E-state index contributed by atoms with van der Waals surface area (Å²) in [4.78, 5) is 12.3. The van der Waals surface area contributed by atoms with Crippen molar-refractivity contribution in [3.8, 4) is 17.6 Å². The Morgan fingerprint density at radius 1 is 1.31 bits per heavy atom.